The first-order valence-corrected chi connectivity index (χ1v) is 8.73. The summed E-state index contributed by atoms with van der Waals surface area (Å²) in [6.07, 6.45) is 0. The van der Waals surface area contributed by atoms with Crippen molar-refractivity contribution in [2.24, 2.45) is 16.6 Å². The zero-order valence-electron chi connectivity index (χ0n) is 13.0. The van der Waals surface area contributed by atoms with E-state index >= 15 is 0 Å². The minimum atomic E-state index is -3.59. The second-order valence-corrected chi connectivity index (χ2v) is 8.96. The van der Waals surface area contributed by atoms with Crippen LogP contribution < -0.4 is 10.5 Å². The first kappa shape index (κ1) is 16.4. The summed E-state index contributed by atoms with van der Waals surface area (Å²) in [5, 5.41) is 0. The van der Waals surface area contributed by atoms with E-state index in [1.54, 1.807) is 25.1 Å². The summed E-state index contributed by atoms with van der Waals surface area (Å²) in [6.45, 7) is 10.0. The Hall–Kier alpha value is -0.980. The number of nitrogens with two attached hydrogens (primary N) is 1. The molecule has 21 heavy (non-hydrogen) atoms. The molecule has 1 aliphatic rings. The molecule has 3 N–H and O–H groups in total. The Morgan fingerprint density at radius 1 is 1.24 bits per heavy atom. The van der Waals surface area contributed by atoms with E-state index in [0.717, 1.165) is 0 Å². The normalized spacial score (nSPS) is 20.2. The maximum atomic E-state index is 12.7. The van der Waals surface area contributed by atoms with Crippen LogP contribution in [0, 0.1) is 17.8 Å². The lowest BCUT2D eigenvalue weighted by Crippen LogP contribution is -2.30. The summed E-state index contributed by atoms with van der Waals surface area (Å²) >= 11 is 4.92. The third kappa shape index (κ3) is 2.60. The number of benzene rings is 1. The van der Waals surface area contributed by atoms with Crippen molar-refractivity contribution in [3.63, 3.8) is 0 Å². The molecule has 0 spiro atoms. The maximum Gasteiger partial charge on any atom is 0.241 e. The van der Waals surface area contributed by atoms with Crippen LogP contribution >= 0.6 is 12.2 Å². The van der Waals surface area contributed by atoms with E-state index in [4.69, 9.17) is 18.0 Å². The first-order valence-electron chi connectivity index (χ1n) is 6.84. The van der Waals surface area contributed by atoms with Crippen LogP contribution in [0.15, 0.2) is 23.1 Å². The van der Waals surface area contributed by atoms with Crippen LogP contribution in [0.3, 0.4) is 0 Å². The van der Waals surface area contributed by atoms with E-state index < -0.39 is 10.0 Å². The fraction of sp³-hybridized carbons (Fsp3) is 0.533. The van der Waals surface area contributed by atoms with Crippen LogP contribution in [-0.2, 0) is 10.0 Å². The van der Waals surface area contributed by atoms with Gasteiger partial charge in [-0.3, -0.25) is 0 Å². The molecule has 0 aliphatic heterocycles. The van der Waals surface area contributed by atoms with Crippen molar-refractivity contribution < 1.29 is 8.42 Å². The number of sulfonamides is 1. The van der Waals surface area contributed by atoms with Crippen LogP contribution in [0.5, 0.6) is 0 Å². The van der Waals surface area contributed by atoms with Crippen molar-refractivity contribution in [3.8, 4) is 0 Å². The highest BCUT2D eigenvalue weighted by molar-refractivity contribution is 7.89. The fourth-order valence-corrected chi connectivity index (χ4v) is 4.68. The molecule has 116 valence electrons. The molecule has 4 nitrogen and oxygen atoms in total. The second kappa shape index (κ2) is 4.76. The van der Waals surface area contributed by atoms with E-state index in [1.807, 2.05) is 0 Å². The summed E-state index contributed by atoms with van der Waals surface area (Å²) in [6, 6.07) is 4.93. The van der Waals surface area contributed by atoms with Crippen LogP contribution in [0.25, 0.3) is 0 Å². The quantitative estimate of drug-likeness (QED) is 0.833. The van der Waals surface area contributed by atoms with Gasteiger partial charge in [-0.15, -0.1) is 0 Å². The maximum absolute atomic E-state index is 12.7. The molecular weight excluding hydrogens is 304 g/mol. The lowest BCUT2D eigenvalue weighted by atomic mass is 10.0. The van der Waals surface area contributed by atoms with E-state index in [1.165, 1.54) is 0 Å². The van der Waals surface area contributed by atoms with Gasteiger partial charge in [0.25, 0.3) is 0 Å². The molecule has 1 saturated carbocycles. The van der Waals surface area contributed by atoms with Gasteiger partial charge in [-0.25, -0.2) is 13.1 Å². The third-order valence-electron chi connectivity index (χ3n) is 5.06. The Bertz CT molecular complexity index is 692. The van der Waals surface area contributed by atoms with Gasteiger partial charge in [-0.2, -0.15) is 0 Å². The number of aryl methyl sites for hydroxylation is 1. The van der Waals surface area contributed by atoms with Gasteiger partial charge in [0, 0.05) is 11.6 Å². The Morgan fingerprint density at radius 2 is 1.76 bits per heavy atom. The summed E-state index contributed by atoms with van der Waals surface area (Å²) in [5.41, 5.74) is 6.71. The predicted octanol–water partition coefficient (Wildman–Crippen LogP) is 2.34. The molecule has 0 atom stereocenters. The molecule has 0 aromatic heterocycles. The Kier molecular flexibility index (Phi) is 3.72. The molecule has 0 saturated heterocycles. The van der Waals surface area contributed by atoms with Gasteiger partial charge in [0.2, 0.25) is 10.0 Å². The summed E-state index contributed by atoms with van der Waals surface area (Å²) in [4.78, 5) is 0.435. The zero-order chi connectivity index (χ0) is 16.2. The van der Waals surface area contributed by atoms with Gasteiger partial charge in [-0.1, -0.05) is 52.0 Å². The standard InChI is InChI=1S/C15H22N2O2S2/c1-9-6-7-10(12(16)20)8-11(9)21(18,19)17-13-14(2,3)15(13,4)5/h6-8,13,17H,1-5H3,(H2,16,20). The van der Waals surface area contributed by atoms with Gasteiger partial charge in [0.15, 0.2) is 0 Å². The average Bonchev–Trinajstić information content (AvgIpc) is 2.71. The molecular formula is C15H22N2O2S2. The molecule has 1 aliphatic carbocycles. The fourth-order valence-electron chi connectivity index (χ4n) is 2.75. The van der Waals surface area contributed by atoms with E-state index in [2.05, 4.69) is 32.4 Å². The lowest BCUT2D eigenvalue weighted by molar-refractivity contribution is 0.457. The van der Waals surface area contributed by atoms with E-state index in [-0.39, 0.29) is 26.8 Å². The van der Waals surface area contributed by atoms with Crippen LogP contribution in [0.1, 0.15) is 38.8 Å². The van der Waals surface area contributed by atoms with Gasteiger partial charge in [-0.05, 0) is 29.4 Å². The monoisotopic (exact) mass is 326 g/mol. The zero-order valence-corrected chi connectivity index (χ0v) is 14.7. The highest BCUT2D eigenvalue weighted by Crippen LogP contribution is 2.62. The Labute approximate surface area is 132 Å². The lowest BCUT2D eigenvalue weighted by Gasteiger charge is -2.12. The molecule has 6 heteroatoms. The van der Waals surface area contributed by atoms with Gasteiger partial charge in [0.1, 0.15) is 4.99 Å². The van der Waals surface area contributed by atoms with Gasteiger partial charge < -0.3 is 5.73 Å². The van der Waals surface area contributed by atoms with Crippen molar-refractivity contribution in [2.45, 2.75) is 45.6 Å². The molecule has 0 bridgehead atoms. The highest BCUT2D eigenvalue weighted by Gasteiger charge is 2.66. The molecule has 0 unspecified atom stereocenters. The molecule has 0 amide bonds. The molecule has 0 radical (unpaired) electrons. The Balaban J connectivity index is 2.38. The number of nitrogens with one attached hydrogen (secondary N) is 1. The van der Waals surface area contributed by atoms with Gasteiger partial charge >= 0.3 is 0 Å². The van der Waals surface area contributed by atoms with Crippen molar-refractivity contribution >= 4 is 27.2 Å². The highest BCUT2D eigenvalue weighted by atomic mass is 32.2. The van der Waals surface area contributed by atoms with Gasteiger partial charge in [0.05, 0.1) is 4.90 Å². The van der Waals surface area contributed by atoms with E-state index in [0.29, 0.717) is 11.1 Å². The number of thiocarbonyl (C=S) groups is 1. The minimum absolute atomic E-state index is 0.0608. The van der Waals surface area contributed by atoms with E-state index in [9.17, 15) is 8.42 Å². The SMILES string of the molecule is Cc1ccc(C(N)=S)cc1S(=O)(=O)NC1C(C)(C)C1(C)C. The molecule has 1 fully saturated rings. The molecule has 1 aromatic rings. The topological polar surface area (TPSA) is 72.2 Å². The van der Waals surface area contributed by atoms with Crippen molar-refractivity contribution in [1.29, 1.82) is 0 Å². The smallest absolute Gasteiger partial charge is 0.241 e. The summed E-state index contributed by atoms with van der Waals surface area (Å²) < 4.78 is 28.1. The third-order valence-corrected chi connectivity index (χ3v) is 6.86. The second-order valence-electron chi connectivity index (χ2n) is 6.84. The number of rotatable bonds is 4. The van der Waals surface area contributed by atoms with Crippen molar-refractivity contribution in [2.75, 3.05) is 0 Å². The van der Waals surface area contributed by atoms with Crippen molar-refractivity contribution in [3.05, 3.63) is 29.3 Å². The molecule has 0 heterocycles. The Morgan fingerprint density at radius 3 is 2.19 bits per heavy atom. The first-order chi connectivity index (χ1) is 9.41. The van der Waals surface area contributed by atoms with Crippen LogP contribution in [0.4, 0.5) is 0 Å². The average molecular weight is 326 g/mol. The minimum Gasteiger partial charge on any atom is -0.389 e. The van der Waals surface area contributed by atoms with Crippen molar-refractivity contribution in [1.82, 2.24) is 4.72 Å². The van der Waals surface area contributed by atoms with Crippen LogP contribution in [-0.4, -0.2) is 19.4 Å². The van der Waals surface area contributed by atoms with Crippen LogP contribution in [0.2, 0.25) is 0 Å². The molecule has 1 aromatic carbocycles. The summed E-state index contributed by atoms with van der Waals surface area (Å²) in [7, 11) is -3.59. The summed E-state index contributed by atoms with van der Waals surface area (Å²) in [5.74, 6) is 0. The predicted molar refractivity (Wildman–Crippen MR) is 88.7 cm³/mol. The number of hydrogen-bond donors (Lipinski definition) is 2. The molecule has 2 rings (SSSR count). The number of hydrogen-bond acceptors (Lipinski definition) is 3. The largest absolute Gasteiger partial charge is 0.389 e.